The lowest BCUT2D eigenvalue weighted by Gasteiger charge is -2.37. The second-order valence-electron chi connectivity index (χ2n) is 11.6. The minimum absolute atomic E-state index is 0.0617. The first-order valence-electron chi connectivity index (χ1n) is 12.5. The van der Waals surface area contributed by atoms with Crippen LogP contribution in [0.25, 0.3) is 10.9 Å². The fourth-order valence-electron chi connectivity index (χ4n) is 5.60. The summed E-state index contributed by atoms with van der Waals surface area (Å²) in [4.78, 5) is 50.0. The van der Waals surface area contributed by atoms with E-state index in [2.05, 4.69) is 40.5 Å². The summed E-state index contributed by atoms with van der Waals surface area (Å²) >= 11 is 0. The van der Waals surface area contributed by atoms with Gasteiger partial charge in [-0.15, -0.1) is 0 Å². The van der Waals surface area contributed by atoms with Crippen LogP contribution in [-0.4, -0.2) is 62.9 Å². The second-order valence-corrected chi connectivity index (χ2v) is 11.6. The third kappa shape index (κ3) is 4.88. The lowest BCUT2D eigenvalue weighted by atomic mass is 9.85. The maximum atomic E-state index is 13.8. The molecule has 1 saturated heterocycles. The van der Waals surface area contributed by atoms with E-state index in [1.807, 2.05) is 26.8 Å². The van der Waals surface area contributed by atoms with Gasteiger partial charge in [0.2, 0.25) is 17.7 Å². The summed E-state index contributed by atoms with van der Waals surface area (Å²) in [6.07, 6.45) is 4.68. The summed E-state index contributed by atoms with van der Waals surface area (Å²) in [7, 11) is 0. The number of nitriles is 1. The largest absolute Gasteiger partial charge is 0.396 e. The predicted molar refractivity (Wildman–Crippen MR) is 135 cm³/mol. The number of nitrogens with zero attached hydrogens (tertiary/aromatic N) is 4. The molecule has 3 heterocycles. The molecule has 1 aliphatic heterocycles. The number of aliphatic hydroxyl groups is 1. The Hall–Kier alpha value is -3.58. The van der Waals surface area contributed by atoms with Gasteiger partial charge in [0.1, 0.15) is 18.1 Å². The molecule has 0 radical (unpaired) electrons. The first kappa shape index (κ1) is 26.5. The highest BCUT2D eigenvalue weighted by Gasteiger charge is 2.69. The van der Waals surface area contributed by atoms with Crippen molar-refractivity contribution in [3.63, 3.8) is 0 Å². The summed E-state index contributed by atoms with van der Waals surface area (Å²) in [6.45, 7) is 9.76. The van der Waals surface area contributed by atoms with Crippen LogP contribution in [0, 0.1) is 34.0 Å². The molecule has 0 spiro atoms. The van der Waals surface area contributed by atoms with Gasteiger partial charge in [0.15, 0.2) is 0 Å². The van der Waals surface area contributed by atoms with Crippen LogP contribution >= 0.6 is 0 Å². The van der Waals surface area contributed by atoms with Crippen LogP contribution in [0.4, 0.5) is 0 Å². The van der Waals surface area contributed by atoms with Crippen molar-refractivity contribution in [3.8, 4) is 6.07 Å². The molecule has 3 amide bonds. The first-order chi connectivity index (χ1) is 17.4. The summed E-state index contributed by atoms with van der Waals surface area (Å²) in [6, 6.07) is 3.10. The highest BCUT2D eigenvalue weighted by atomic mass is 16.3. The van der Waals surface area contributed by atoms with Crippen LogP contribution in [0.2, 0.25) is 0 Å². The van der Waals surface area contributed by atoms with Crippen molar-refractivity contribution >= 4 is 28.6 Å². The van der Waals surface area contributed by atoms with Gasteiger partial charge in [-0.2, -0.15) is 5.26 Å². The topological polar surface area (TPSA) is 148 Å². The number of rotatable bonds is 7. The van der Waals surface area contributed by atoms with Gasteiger partial charge in [0.25, 0.3) is 0 Å². The Bertz CT molecular complexity index is 1260. The molecule has 0 bridgehead atoms. The van der Waals surface area contributed by atoms with E-state index in [4.69, 9.17) is 5.11 Å². The Labute approximate surface area is 216 Å². The van der Waals surface area contributed by atoms with Crippen LogP contribution in [0.1, 0.15) is 52.6 Å². The van der Waals surface area contributed by atoms with Crippen LogP contribution in [-0.2, 0) is 14.4 Å². The van der Waals surface area contributed by atoms with Gasteiger partial charge in [-0.1, -0.05) is 34.6 Å². The number of hydrogen-bond donors (Lipinski definition) is 3. The van der Waals surface area contributed by atoms with Crippen molar-refractivity contribution in [2.75, 3.05) is 13.2 Å². The number of aliphatic hydroxyl groups excluding tert-OH is 1. The number of amides is 3. The summed E-state index contributed by atoms with van der Waals surface area (Å²) in [5, 5.41) is 25.4. The normalized spacial score (nSPS) is 23.5. The molecule has 10 nitrogen and oxygen atoms in total. The van der Waals surface area contributed by atoms with Gasteiger partial charge in [0.05, 0.1) is 18.2 Å². The third-order valence-electron chi connectivity index (χ3n) is 7.78. The van der Waals surface area contributed by atoms with Gasteiger partial charge in [-0.05, 0) is 34.8 Å². The van der Waals surface area contributed by atoms with Gasteiger partial charge in [-0.25, -0.2) is 0 Å². The van der Waals surface area contributed by atoms with Crippen LogP contribution in [0.5, 0.6) is 0 Å². The van der Waals surface area contributed by atoms with Crippen molar-refractivity contribution < 1.29 is 19.5 Å². The van der Waals surface area contributed by atoms with E-state index in [9.17, 15) is 19.6 Å². The zero-order valence-corrected chi connectivity index (χ0v) is 21.9. The van der Waals surface area contributed by atoms with E-state index in [1.54, 1.807) is 23.4 Å². The second kappa shape index (κ2) is 9.71. The van der Waals surface area contributed by atoms with Gasteiger partial charge >= 0.3 is 0 Å². The molecule has 37 heavy (non-hydrogen) atoms. The Balaban J connectivity index is 1.62. The van der Waals surface area contributed by atoms with Gasteiger partial charge in [0, 0.05) is 42.5 Å². The van der Waals surface area contributed by atoms with Crippen LogP contribution < -0.4 is 10.6 Å². The molecule has 2 fully saturated rings. The van der Waals surface area contributed by atoms with Crippen molar-refractivity contribution in [3.05, 3.63) is 36.3 Å². The molecule has 2 aromatic rings. The number of aromatic nitrogens is 2. The van der Waals surface area contributed by atoms with Crippen LogP contribution in [0.3, 0.4) is 0 Å². The summed E-state index contributed by atoms with van der Waals surface area (Å²) < 4.78 is 0. The quantitative estimate of drug-likeness (QED) is 0.518. The molecule has 196 valence electrons. The number of fused-ring (bicyclic) bond motifs is 2. The molecule has 3 N–H and O–H groups in total. The Morgan fingerprint density at radius 2 is 2.00 bits per heavy atom. The average Bonchev–Trinajstić information content (AvgIpc) is 3.17. The molecule has 5 atom stereocenters. The molecule has 4 rings (SSSR count). The monoisotopic (exact) mass is 506 g/mol. The zero-order valence-electron chi connectivity index (χ0n) is 21.9. The van der Waals surface area contributed by atoms with Crippen molar-refractivity contribution in [1.29, 1.82) is 5.26 Å². The SMILES string of the molecule is CC(C)(C)[C@H](NC(=O)CCO)C(=O)N1C[C@H]2[C@@H]([C@H]1C(=O)NC(C#N)c1cncc3cccnc13)C2(C)C. The standard InChI is InChI=1S/C27H34N6O4/c1-26(2,3)23(32-19(35)8-10-34)25(37)33-14-17-20(27(17,4)5)22(33)24(36)31-18(11-28)16-13-29-12-15-7-6-9-30-21(15)16/h6-7,9,12-13,17-18,20,22-23,34H,8,10,14H2,1-5H3,(H,31,36)(H,32,35)/t17-,18?,20-,22-,23+/m0/s1. The highest BCUT2D eigenvalue weighted by molar-refractivity contribution is 5.94. The van der Waals surface area contributed by atoms with Gasteiger partial charge in [-0.3, -0.25) is 24.4 Å². The molecule has 1 aliphatic carbocycles. The highest BCUT2D eigenvalue weighted by Crippen LogP contribution is 2.65. The molecular weight excluding hydrogens is 472 g/mol. The number of pyridine rings is 2. The maximum Gasteiger partial charge on any atom is 0.246 e. The van der Waals surface area contributed by atoms with E-state index in [0.29, 0.717) is 17.6 Å². The number of carbonyl (C=O) groups is 3. The molecule has 1 saturated carbocycles. The molecule has 2 aromatic heterocycles. The van der Waals surface area contributed by atoms with Gasteiger partial charge < -0.3 is 20.6 Å². The molecular formula is C27H34N6O4. The smallest absolute Gasteiger partial charge is 0.246 e. The number of piperidine rings is 1. The first-order valence-corrected chi connectivity index (χ1v) is 12.5. The minimum Gasteiger partial charge on any atom is -0.396 e. The van der Waals surface area contributed by atoms with Crippen molar-refractivity contribution in [2.24, 2.45) is 22.7 Å². The molecule has 10 heteroatoms. The third-order valence-corrected chi connectivity index (χ3v) is 7.78. The summed E-state index contributed by atoms with van der Waals surface area (Å²) in [5.41, 5.74) is 0.315. The maximum absolute atomic E-state index is 13.8. The van der Waals surface area contributed by atoms with E-state index in [1.165, 1.54) is 6.20 Å². The number of hydrogen-bond acceptors (Lipinski definition) is 7. The number of carbonyl (C=O) groups excluding carboxylic acids is 3. The number of likely N-dealkylation sites (tertiary alicyclic amines) is 1. The minimum atomic E-state index is -1.00. The molecule has 2 aliphatic rings. The summed E-state index contributed by atoms with van der Waals surface area (Å²) in [5.74, 6) is -1.11. The fourth-order valence-corrected chi connectivity index (χ4v) is 5.60. The zero-order chi connectivity index (χ0) is 27.1. The fraction of sp³-hybridized carbons (Fsp3) is 0.556. The Morgan fingerprint density at radius 1 is 1.27 bits per heavy atom. The van der Waals surface area contributed by atoms with Crippen molar-refractivity contribution in [1.82, 2.24) is 25.5 Å². The van der Waals surface area contributed by atoms with E-state index >= 15 is 0 Å². The van der Waals surface area contributed by atoms with E-state index in [-0.39, 0.29) is 36.2 Å². The average molecular weight is 507 g/mol. The Kier molecular flexibility index (Phi) is 6.95. The lowest BCUT2D eigenvalue weighted by molar-refractivity contribution is -0.145. The Morgan fingerprint density at radius 3 is 2.65 bits per heavy atom. The van der Waals surface area contributed by atoms with E-state index < -0.39 is 35.4 Å². The molecule has 1 unspecified atom stereocenters. The predicted octanol–water partition coefficient (Wildman–Crippen LogP) is 1.71. The van der Waals surface area contributed by atoms with E-state index in [0.717, 1.165) is 5.39 Å². The van der Waals surface area contributed by atoms with Crippen molar-refractivity contribution in [2.45, 2.75) is 59.2 Å². The number of nitrogens with one attached hydrogen (secondary N) is 2. The lowest BCUT2D eigenvalue weighted by Crippen LogP contribution is -2.59. The molecule has 0 aromatic carbocycles. The van der Waals surface area contributed by atoms with Crippen LogP contribution in [0.15, 0.2) is 30.7 Å².